The highest BCUT2D eigenvalue weighted by molar-refractivity contribution is 5.71. The molecule has 2 N–H and O–H groups in total. The summed E-state index contributed by atoms with van der Waals surface area (Å²) in [6.07, 6.45) is 0.0976. The second-order valence-corrected chi connectivity index (χ2v) is 7.19. The van der Waals surface area contributed by atoms with Gasteiger partial charge >= 0.3 is 5.97 Å². The molecule has 0 fully saturated rings. The number of carbonyl (C=O) groups is 1. The minimum absolute atomic E-state index is 0.0845. The number of aliphatic carboxylic acids is 1. The third-order valence-corrected chi connectivity index (χ3v) is 5.11. The van der Waals surface area contributed by atoms with Crippen LogP contribution in [0.5, 0.6) is 5.75 Å². The van der Waals surface area contributed by atoms with Crippen LogP contribution < -0.4 is 15.0 Å². The first kappa shape index (κ1) is 19.8. The second kappa shape index (κ2) is 8.86. The molecule has 4 rings (SSSR count). The molecule has 0 bridgehead atoms. The van der Waals surface area contributed by atoms with Gasteiger partial charge in [0.2, 0.25) is 0 Å². The fourth-order valence-electron chi connectivity index (χ4n) is 3.56. The average Bonchev–Trinajstić information content (AvgIpc) is 2.77. The van der Waals surface area contributed by atoms with Crippen LogP contribution in [0.25, 0.3) is 0 Å². The van der Waals surface area contributed by atoms with Gasteiger partial charge in [-0.15, -0.1) is 0 Å². The van der Waals surface area contributed by atoms with Crippen molar-refractivity contribution in [2.24, 2.45) is 0 Å². The number of para-hydroxylation sites is 1. The maximum atomic E-state index is 14.2. The molecule has 0 radical (unpaired) electrons. The zero-order valence-corrected chi connectivity index (χ0v) is 16.5. The third-order valence-electron chi connectivity index (χ3n) is 5.11. The lowest BCUT2D eigenvalue weighted by Gasteiger charge is -2.31. The van der Waals surface area contributed by atoms with Crippen molar-refractivity contribution in [2.75, 3.05) is 23.4 Å². The molecule has 3 aromatic rings. The van der Waals surface area contributed by atoms with Crippen molar-refractivity contribution in [3.8, 4) is 5.75 Å². The highest BCUT2D eigenvalue weighted by atomic mass is 19.1. The van der Waals surface area contributed by atoms with E-state index in [0.29, 0.717) is 24.4 Å². The summed E-state index contributed by atoms with van der Waals surface area (Å²) in [7, 11) is 0. The zero-order chi connectivity index (χ0) is 20.9. The molecule has 154 valence electrons. The minimum Gasteiger partial charge on any atom is -0.490 e. The van der Waals surface area contributed by atoms with Crippen LogP contribution in [0.3, 0.4) is 0 Å². The minimum atomic E-state index is -0.933. The van der Waals surface area contributed by atoms with E-state index in [0.717, 1.165) is 29.2 Å². The van der Waals surface area contributed by atoms with Crippen LogP contribution in [-0.4, -0.2) is 24.2 Å². The SMILES string of the molecule is O=C(O)CCc1ccc(NCc2ccc3c(c2)N(c2ccccc2)CCO3)cc1F. The van der Waals surface area contributed by atoms with E-state index >= 15 is 0 Å². The van der Waals surface area contributed by atoms with Gasteiger partial charge in [-0.2, -0.15) is 0 Å². The summed E-state index contributed by atoms with van der Waals surface area (Å²) in [6, 6.07) is 21.1. The van der Waals surface area contributed by atoms with Crippen LogP contribution in [0.1, 0.15) is 17.5 Å². The van der Waals surface area contributed by atoms with Crippen LogP contribution in [0.15, 0.2) is 66.7 Å². The van der Waals surface area contributed by atoms with Gasteiger partial charge in [0.15, 0.2) is 0 Å². The number of halogens is 1. The lowest BCUT2D eigenvalue weighted by molar-refractivity contribution is -0.136. The van der Waals surface area contributed by atoms with Gasteiger partial charge in [-0.1, -0.05) is 30.3 Å². The molecule has 1 aliphatic rings. The Bertz CT molecular complexity index is 1040. The van der Waals surface area contributed by atoms with E-state index in [1.54, 1.807) is 12.1 Å². The van der Waals surface area contributed by atoms with Crippen molar-refractivity contribution < 1.29 is 19.0 Å². The van der Waals surface area contributed by atoms with Gasteiger partial charge < -0.3 is 20.1 Å². The molecule has 0 aliphatic carbocycles. The number of benzene rings is 3. The van der Waals surface area contributed by atoms with E-state index < -0.39 is 11.8 Å². The van der Waals surface area contributed by atoms with Crippen molar-refractivity contribution in [2.45, 2.75) is 19.4 Å². The Balaban J connectivity index is 1.47. The summed E-state index contributed by atoms with van der Waals surface area (Å²) < 4.78 is 20.0. The molecule has 0 atom stereocenters. The molecule has 0 unspecified atom stereocenters. The largest absolute Gasteiger partial charge is 0.490 e. The normalized spacial score (nSPS) is 12.8. The van der Waals surface area contributed by atoms with Gasteiger partial charge in [0.25, 0.3) is 0 Å². The summed E-state index contributed by atoms with van der Waals surface area (Å²) in [6.45, 7) is 1.94. The summed E-state index contributed by atoms with van der Waals surface area (Å²) in [5.74, 6) is -0.476. The van der Waals surface area contributed by atoms with Crippen molar-refractivity contribution >= 4 is 23.0 Å². The molecule has 1 aliphatic heterocycles. The molecule has 1 heterocycles. The second-order valence-electron chi connectivity index (χ2n) is 7.19. The summed E-state index contributed by atoms with van der Waals surface area (Å²) >= 11 is 0. The molecule has 6 heteroatoms. The Morgan fingerprint density at radius 1 is 1.10 bits per heavy atom. The highest BCUT2D eigenvalue weighted by Crippen LogP contribution is 2.37. The zero-order valence-electron chi connectivity index (χ0n) is 16.5. The average molecular weight is 406 g/mol. The Morgan fingerprint density at radius 3 is 2.70 bits per heavy atom. The first-order valence-electron chi connectivity index (χ1n) is 9.92. The van der Waals surface area contributed by atoms with Gasteiger partial charge in [0.1, 0.15) is 18.2 Å². The monoisotopic (exact) mass is 406 g/mol. The van der Waals surface area contributed by atoms with Crippen LogP contribution in [0.4, 0.5) is 21.5 Å². The van der Waals surface area contributed by atoms with Crippen molar-refractivity contribution in [3.63, 3.8) is 0 Å². The standard InChI is InChI=1S/C24H23FN2O3/c25-21-15-19(9-7-18(21)8-11-24(28)29)26-16-17-6-10-23-22(14-17)27(12-13-30-23)20-4-2-1-3-5-20/h1-7,9-10,14-15,26H,8,11-13,16H2,(H,28,29). The molecular formula is C24H23FN2O3. The van der Waals surface area contributed by atoms with Crippen LogP contribution in [-0.2, 0) is 17.8 Å². The number of carboxylic acids is 1. The molecule has 30 heavy (non-hydrogen) atoms. The first-order valence-corrected chi connectivity index (χ1v) is 9.92. The van der Waals surface area contributed by atoms with Gasteiger partial charge in [0, 0.05) is 24.3 Å². The Kier molecular flexibility index (Phi) is 5.84. The van der Waals surface area contributed by atoms with Crippen molar-refractivity contribution in [1.29, 1.82) is 0 Å². The number of aryl methyl sites for hydroxylation is 1. The fourth-order valence-corrected chi connectivity index (χ4v) is 3.56. The Morgan fingerprint density at radius 2 is 1.93 bits per heavy atom. The third kappa shape index (κ3) is 4.54. The van der Waals surface area contributed by atoms with Gasteiger partial charge in [0.05, 0.1) is 12.2 Å². The summed E-state index contributed by atoms with van der Waals surface area (Å²) in [5, 5.41) is 12.0. The smallest absolute Gasteiger partial charge is 0.303 e. The number of ether oxygens (including phenoxy) is 1. The molecule has 0 aromatic heterocycles. The molecular weight excluding hydrogens is 383 g/mol. The predicted molar refractivity (Wildman–Crippen MR) is 115 cm³/mol. The van der Waals surface area contributed by atoms with Gasteiger partial charge in [-0.25, -0.2) is 4.39 Å². The number of carboxylic acid groups (broad SMARTS) is 1. The molecule has 0 spiro atoms. The number of anilines is 3. The molecule has 3 aromatic carbocycles. The number of hydrogen-bond donors (Lipinski definition) is 2. The summed E-state index contributed by atoms with van der Waals surface area (Å²) in [5.41, 5.74) is 4.25. The predicted octanol–water partition coefficient (Wildman–Crippen LogP) is 4.99. The van der Waals surface area contributed by atoms with E-state index in [-0.39, 0.29) is 12.8 Å². The maximum Gasteiger partial charge on any atom is 0.303 e. The molecule has 0 saturated carbocycles. The van der Waals surface area contributed by atoms with Gasteiger partial charge in [-0.3, -0.25) is 4.79 Å². The molecule has 0 saturated heterocycles. The molecule has 0 amide bonds. The van der Waals surface area contributed by atoms with Crippen molar-refractivity contribution in [1.82, 2.24) is 0 Å². The topological polar surface area (TPSA) is 61.8 Å². The number of fused-ring (bicyclic) bond motifs is 1. The first-order chi connectivity index (χ1) is 14.6. The molecule has 5 nitrogen and oxygen atoms in total. The fraction of sp³-hybridized carbons (Fsp3) is 0.208. The number of hydrogen-bond acceptors (Lipinski definition) is 4. The van der Waals surface area contributed by atoms with E-state index in [2.05, 4.69) is 28.4 Å². The quantitative estimate of drug-likeness (QED) is 0.579. The van der Waals surface area contributed by atoms with Gasteiger partial charge in [-0.05, 0) is 53.9 Å². The number of nitrogens with zero attached hydrogens (tertiary/aromatic N) is 1. The Hall–Kier alpha value is -3.54. The van der Waals surface area contributed by atoms with E-state index in [1.165, 1.54) is 6.07 Å². The number of rotatable bonds is 7. The maximum absolute atomic E-state index is 14.2. The van der Waals surface area contributed by atoms with Crippen LogP contribution in [0.2, 0.25) is 0 Å². The van der Waals surface area contributed by atoms with E-state index in [4.69, 9.17) is 9.84 Å². The lowest BCUT2D eigenvalue weighted by Crippen LogP contribution is -2.28. The lowest BCUT2D eigenvalue weighted by atomic mass is 10.1. The highest BCUT2D eigenvalue weighted by Gasteiger charge is 2.19. The summed E-state index contributed by atoms with van der Waals surface area (Å²) in [4.78, 5) is 12.9. The van der Waals surface area contributed by atoms with Crippen LogP contribution in [0, 0.1) is 5.82 Å². The van der Waals surface area contributed by atoms with E-state index in [9.17, 15) is 9.18 Å². The number of nitrogens with one attached hydrogen (secondary N) is 1. The van der Waals surface area contributed by atoms with Crippen molar-refractivity contribution in [3.05, 3.63) is 83.7 Å². The van der Waals surface area contributed by atoms with E-state index in [1.807, 2.05) is 30.3 Å². The Labute approximate surface area is 174 Å². The van der Waals surface area contributed by atoms with Crippen LogP contribution >= 0.6 is 0 Å².